The van der Waals surface area contributed by atoms with Crippen molar-refractivity contribution in [3.8, 4) is 0 Å². The minimum Gasteiger partial charge on any atom is -0.357 e. The number of rotatable bonds is 3. The maximum atomic E-state index is 12.0. The molecule has 0 bridgehead atoms. The molecule has 21 heavy (non-hydrogen) atoms. The molecule has 0 saturated carbocycles. The largest absolute Gasteiger partial charge is 0.357 e. The van der Waals surface area contributed by atoms with Crippen LogP contribution in [-0.2, 0) is 4.79 Å². The van der Waals surface area contributed by atoms with E-state index in [0.717, 1.165) is 33.5 Å². The second kappa shape index (κ2) is 8.15. The molecule has 114 valence electrons. The van der Waals surface area contributed by atoms with Crippen molar-refractivity contribution >= 4 is 55.8 Å². The maximum absolute atomic E-state index is 12.0. The van der Waals surface area contributed by atoms with Crippen LogP contribution in [0.15, 0.2) is 28.7 Å². The van der Waals surface area contributed by atoms with Crippen LogP contribution in [0.1, 0.15) is 19.8 Å². The molecule has 1 fully saturated rings. The Bertz CT molecular complexity index is 516. The van der Waals surface area contributed by atoms with E-state index in [-0.39, 0.29) is 5.91 Å². The van der Waals surface area contributed by atoms with Crippen LogP contribution in [0.3, 0.4) is 0 Å². The highest BCUT2D eigenvalue weighted by Crippen LogP contribution is 2.23. The van der Waals surface area contributed by atoms with E-state index in [1.54, 1.807) is 0 Å². The first-order valence-electron chi connectivity index (χ1n) is 7.02. The minimum atomic E-state index is -0.0281. The Morgan fingerprint density at radius 2 is 2.10 bits per heavy atom. The first-order valence-corrected chi connectivity index (χ1v) is 9.21. The molecule has 1 amide bonds. The number of nitrogens with one attached hydrogen (secondary N) is 1. The minimum absolute atomic E-state index is 0.0281. The normalized spacial score (nSPS) is 15.8. The fourth-order valence-corrected chi connectivity index (χ4v) is 3.59. The number of carbonyl (C=O) groups is 1. The lowest BCUT2D eigenvalue weighted by Crippen LogP contribution is -2.36. The second-order valence-corrected chi connectivity index (χ2v) is 7.72. The van der Waals surface area contributed by atoms with Crippen molar-refractivity contribution in [3.05, 3.63) is 28.7 Å². The van der Waals surface area contributed by atoms with Crippen LogP contribution in [0, 0.1) is 5.92 Å². The van der Waals surface area contributed by atoms with E-state index in [1.165, 1.54) is 24.6 Å². The number of hydrogen-bond donors (Lipinski definition) is 1. The first-order chi connectivity index (χ1) is 10.1. The molecule has 0 aromatic heterocycles. The number of amides is 1. The van der Waals surface area contributed by atoms with Gasteiger partial charge in [-0.25, -0.2) is 0 Å². The summed E-state index contributed by atoms with van der Waals surface area (Å²) in [7, 11) is 0. The highest BCUT2D eigenvalue weighted by molar-refractivity contribution is 9.10. The molecule has 0 aliphatic carbocycles. The number of anilines is 1. The van der Waals surface area contributed by atoms with Crippen molar-refractivity contribution in [2.75, 3.05) is 24.2 Å². The van der Waals surface area contributed by atoms with Gasteiger partial charge < -0.3 is 10.2 Å². The van der Waals surface area contributed by atoms with E-state index in [9.17, 15) is 4.79 Å². The van der Waals surface area contributed by atoms with E-state index in [4.69, 9.17) is 12.2 Å². The topological polar surface area (TPSA) is 32.3 Å². The summed E-state index contributed by atoms with van der Waals surface area (Å²) in [6.07, 6.45) is 2.37. The number of likely N-dealkylation sites (tertiary alicyclic amines) is 1. The Balaban J connectivity index is 1.76. The SMILES string of the molecule is CC1CCN(C(=S)SCC(=O)Nc2ccccc2Br)CC1. The zero-order valence-electron chi connectivity index (χ0n) is 12.0. The third-order valence-corrected chi connectivity index (χ3v) is 5.73. The molecule has 1 aliphatic rings. The molecule has 2 rings (SSSR count). The fraction of sp³-hybridized carbons (Fsp3) is 0.467. The number of benzene rings is 1. The van der Waals surface area contributed by atoms with Gasteiger partial charge in [-0.2, -0.15) is 0 Å². The van der Waals surface area contributed by atoms with E-state index in [2.05, 4.69) is 33.1 Å². The van der Waals surface area contributed by atoms with Crippen molar-refractivity contribution in [2.45, 2.75) is 19.8 Å². The summed E-state index contributed by atoms with van der Waals surface area (Å²) in [6, 6.07) is 7.59. The molecule has 1 saturated heterocycles. The molecule has 1 heterocycles. The molecule has 6 heteroatoms. The van der Waals surface area contributed by atoms with Gasteiger partial charge in [-0.3, -0.25) is 4.79 Å². The quantitative estimate of drug-likeness (QED) is 0.791. The third kappa shape index (κ3) is 5.27. The number of para-hydroxylation sites is 1. The van der Waals surface area contributed by atoms with Crippen molar-refractivity contribution < 1.29 is 4.79 Å². The van der Waals surface area contributed by atoms with Gasteiger partial charge in [0.1, 0.15) is 4.32 Å². The smallest absolute Gasteiger partial charge is 0.234 e. The lowest BCUT2D eigenvalue weighted by Gasteiger charge is -2.31. The Kier molecular flexibility index (Phi) is 6.51. The van der Waals surface area contributed by atoms with Crippen LogP contribution in [0.5, 0.6) is 0 Å². The van der Waals surface area contributed by atoms with Gasteiger partial charge in [0.25, 0.3) is 0 Å². The predicted molar refractivity (Wildman–Crippen MR) is 97.8 cm³/mol. The monoisotopic (exact) mass is 386 g/mol. The summed E-state index contributed by atoms with van der Waals surface area (Å²) in [5.74, 6) is 1.11. The van der Waals surface area contributed by atoms with Crippen LogP contribution in [0.25, 0.3) is 0 Å². The lowest BCUT2D eigenvalue weighted by atomic mass is 10.00. The van der Waals surface area contributed by atoms with Crippen molar-refractivity contribution in [1.82, 2.24) is 4.90 Å². The number of thiocarbonyl (C=S) groups is 1. The van der Waals surface area contributed by atoms with E-state index in [0.29, 0.717) is 5.75 Å². The van der Waals surface area contributed by atoms with Crippen LogP contribution >= 0.6 is 39.9 Å². The van der Waals surface area contributed by atoms with Crippen LogP contribution < -0.4 is 5.32 Å². The molecule has 0 atom stereocenters. The second-order valence-electron chi connectivity index (χ2n) is 5.25. The summed E-state index contributed by atoms with van der Waals surface area (Å²) in [5.41, 5.74) is 0.792. The number of thioether (sulfide) groups is 1. The maximum Gasteiger partial charge on any atom is 0.234 e. The molecule has 1 aromatic carbocycles. The number of halogens is 1. The van der Waals surface area contributed by atoms with Crippen molar-refractivity contribution in [1.29, 1.82) is 0 Å². The summed E-state index contributed by atoms with van der Waals surface area (Å²) in [4.78, 5) is 14.2. The Hall–Kier alpha value is -0.590. The molecule has 1 N–H and O–H groups in total. The molecule has 3 nitrogen and oxygen atoms in total. The Morgan fingerprint density at radius 1 is 1.43 bits per heavy atom. The van der Waals surface area contributed by atoms with Crippen LogP contribution in [0.4, 0.5) is 5.69 Å². The zero-order valence-corrected chi connectivity index (χ0v) is 15.2. The number of carbonyl (C=O) groups excluding carboxylic acids is 1. The summed E-state index contributed by atoms with van der Waals surface area (Å²) < 4.78 is 1.72. The van der Waals surface area contributed by atoms with Gasteiger partial charge in [0.2, 0.25) is 5.91 Å². The summed E-state index contributed by atoms with van der Waals surface area (Å²) >= 11 is 10.3. The highest BCUT2D eigenvalue weighted by Gasteiger charge is 2.18. The predicted octanol–water partition coefficient (Wildman–Crippen LogP) is 4.14. The summed E-state index contributed by atoms with van der Waals surface area (Å²) in [6.45, 7) is 4.30. The lowest BCUT2D eigenvalue weighted by molar-refractivity contribution is -0.113. The molecule has 0 radical (unpaired) electrons. The van der Waals surface area contributed by atoms with Crippen molar-refractivity contribution in [3.63, 3.8) is 0 Å². The molecule has 1 aromatic rings. The first kappa shape index (κ1) is 16.8. The average Bonchev–Trinajstić information content (AvgIpc) is 2.48. The fourth-order valence-electron chi connectivity index (χ4n) is 2.16. The third-order valence-electron chi connectivity index (χ3n) is 3.52. The van der Waals surface area contributed by atoms with Crippen LogP contribution in [0.2, 0.25) is 0 Å². The van der Waals surface area contributed by atoms with E-state index < -0.39 is 0 Å². The van der Waals surface area contributed by atoms with Gasteiger partial charge in [-0.1, -0.05) is 43.0 Å². The van der Waals surface area contributed by atoms with Gasteiger partial charge in [-0.05, 0) is 46.8 Å². The van der Waals surface area contributed by atoms with E-state index in [1.807, 2.05) is 24.3 Å². The van der Waals surface area contributed by atoms with Gasteiger partial charge in [-0.15, -0.1) is 0 Å². The average molecular weight is 387 g/mol. The number of nitrogens with zero attached hydrogens (tertiary/aromatic N) is 1. The molecule has 0 spiro atoms. The van der Waals surface area contributed by atoms with Gasteiger partial charge in [0.15, 0.2) is 0 Å². The van der Waals surface area contributed by atoms with Crippen molar-refractivity contribution in [2.24, 2.45) is 5.92 Å². The van der Waals surface area contributed by atoms with Gasteiger partial charge in [0, 0.05) is 17.6 Å². The molecule has 1 aliphatic heterocycles. The van der Waals surface area contributed by atoms with E-state index >= 15 is 0 Å². The standard InChI is InChI=1S/C15H19BrN2OS2/c1-11-6-8-18(9-7-11)15(20)21-10-14(19)17-13-5-3-2-4-12(13)16/h2-5,11H,6-10H2,1H3,(H,17,19). The van der Waals surface area contributed by atoms with Gasteiger partial charge in [0.05, 0.1) is 11.4 Å². The highest BCUT2D eigenvalue weighted by atomic mass is 79.9. The summed E-state index contributed by atoms with van der Waals surface area (Å²) in [5, 5.41) is 2.89. The molecular weight excluding hydrogens is 368 g/mol. The number of piperidine rings is 1. The van der Waals surface area contributed by atoms with Gasteiger partial charge >= 0.3 is 0 Å². The molecular formula is C15H19BrN2OS2. The zero-order chi connectivity index (χ0) is 15.2. The number of hydrogen-bond acceptors (Lipinski definition) is 3. The van der Waals surface area contributed by atoms with Crippen LogP contribution in [-0.4, -0.2) is 34.0 Å². The Labute approximate surface area is 144 Å². The Morgan fingerprint density at radius 3 is 2.76 bits per heavy atom. The molecule has 0 unspecified atom stereocenters.